The third-order valence-corrected chi connectivity index (χ3v) is 2.76. The molecule has 5 nitrogen and oxygen atoms in total. The number of aliphatic carboxylic acids is 1. The summed E-state index contributed by atoms with van der Waals surface area (Å²) >= 11 is 6.04. The lowest BCUT2D eigenvalue weighted by atomic mass is 10.3. The standard InChI is InChI=1S/C10H15ClN2O3/c1-4-13-8(9(11)6(2)12-13)5-16-7(3)10(14)15/h7H,4-5H2,1-3H3,(H,14,15). The molecule has 0 aromatic carbocycles. The summed E-state index contributed by atoms with van der Waals surface area (Å²) in [6.45, 7) is 6.05. The largest absolute Gasteiger partial charge is 0.479 e. The highest BCUT2D eigenvalue weighted by molar-refractivity contribution is 6.31. The summed E-state index contributed by atoms with van der Waals surface area (Å²) in [6, 6.07) is 0. The van der Waals surface area contributed by atoms with Gasteiger partial charge in [0.2, 0.25) is 0 Å². The molecule has 0 radical (unpaired) electrons. The molecule has 16 heavy (non-hydrogen) atoms. The molecule has 1 heterocycles. The maximum atomic E-state index is 10.6. The molecule has 0 aliphatic rings. The van der Waals surface area contributed by atoms with Crippen LogP contribution < -0.4 is 0 Å². The van der Waals surface area contributed by atoms with Gasteiger partial charge in [0.15, 0.2) is 6.10 Å². The second kappa shape index (κ2) is 5.32. The number of carbonyl (C=O) groups is 1. The minimum Gasteiger partial charge on any atom is -0.479 e. The Labute approximate surface area is 99.0 Å². The van der Waals surface area contributed by atoms with Gasteiger partial charge in [0, 0.05) is 6.54 Å². The maximum Gasteiger partial charge on any atom is 0.332 e. The van der Waals surface area contributed by atoms with E-state index in [1.807, 2.05) is 6.92 Å². The summed E-state index contributed by atoms with van der Waals surface area (Å²) in [4.78, 5) is 10.6. The number of carboxylic acids is 1. The SMILES string of the molecule is CCn1nc(C)c(Cl)c1COC(C)C(=O)O. The van der Waals surface area contributed by atoms with Crippen molar-refractivity contribution >= 4 is 17.6 Å². The molecule has 1 rings (SSSR count). The first kappa shape index (κ1) is 13.0. The summed E-state index contributed by atoms with van der Waals surface area (Å²) in [5.41, 5.74) is 1.44. The molecule has 0 spiro atoms. The number of rotatable bonds is 5. The van der Waals surface area contributed by atoms with Gasteiger partial charge in [0.25, 0.3) is 0 Å². The second-order valence-corrected chi connectivity index (χ2v) is 3.83. The number of hydrogen-bond acceptors (Lipinski definition) is 3. The van der Waals surface area contributed by atoms with E-state index in [4.69, 9.17) is 21.4 Å². The van der Waals surface area contributed by atoms with Crippen LogP contribution in [0.2, 0.25) is 5.02 Å². The van der Waals surface area contributed by atoms with Crippen LogP contribution in [0.1, 0.15) is 25.2 Å². The Morgan fingerprint density at radius 2 is 2.31 bits per heavy atom. The van der Waals surface area contributed by atoms with E-state index in [-0.39, 0.29) is 6.61 Å². The molecule has 1 unspecified atom stereocenters. The van der Waals surface area contributed by atoms with Crippen LogP contribution in [-0.2, 0) is 22.7 Å². The Morgan fingerprint density at radius 1 is 1.69 bits per heavy atom. The van der Waals surface area contributed by atoms with E-state index in [1.165, 1.54) is 6.92 Å². The Balaban J connectivity index is 2.76. The van der Waals surface area contributed by atoms with Gasteiger partial charge >= 0.3 is 5.97 Å². The monoisotopic (exact) mass is 246 g/mol. The average molecular weight is 247 g/mol. The van der Waals surface area contributed by atoms with Crippen LogP contribution in [0, 0.1) is 6.92 Å². The zero-order valence-corrected chi connectivity index (χ0v) is 10.3. The summed E-state index contributed by atoms with van der Waals surface area (Å²) < 4.78 is 6.90. The van der Waals surface area contributed by atoms with E-state index in [1.54, 1.807) is 11.6 Å². The highest BCUT2D eigenvalue weighted by Crippen LogP contribution is 2.21. The average Bonchev–Trinajstić information content (AvgIpc) is 2.51. The number of aryl methyl sites for hydroxylation is 2. The van der Waals surface area contributed by atoms with Crippen LogP contribution in [-0.4, -0.2) is 27.0 Å². The summed E-state index contributed by atoms with van der Waals surface area (Å²) in [5.74, 6) is -0.990. The van der Waals surface area contributed by atoms with Crippen molar-refractivity contribution in [2.24, 2.45) is 0 Å². The van der Waals surface area contributed by atoms with E-state index in [0.717, 1.165) is 11.4 Å². The van der Waals surface area contributed by atoms with Crippen molar-refractivity contribution in [2.75, 3.05) is 0 Å². The van der Waals surface area contributed by atoms with E-state index in [0.29, 0.717) is 11.6 Å². The molecule has 0 saturated carbocycles. The molecule has 0 bridgehead atoms. The van der Waals surface area contributed by atoms with E-state index < -0.39 is 12.1 Å². The number of nitrogens with zero attached hydrogens (tertiary/aromatic N) is 2. The molecule has 0 aliphatic heterocycles. The maximum absolute atomic E-state index is 10.6. The van der Waals surface area contributed by atoms with Crippen molar-refractivity contribution < 1.29 is 14.6 Å². The first-order chi connectivity index (χ1) is 7.47. The zero-order valence-electron chi connectivity index (χ0n) is 9.53. The molecule has 0 aliphatic carbocycles. The third kappa shape index (κ3) is 2.74. The summed E-state index contributed by atoms with van der Waals surface area (Å²) in [7, 11) is 0. The molecule has 90 valence electrons. The Kier molecular flexibility index (Phi) is 4.32. The van der Waals surface area contributed by atoms with Gasteiger partial charge in [-0.1, -0.05) is 11.6 Å². The van der Waals surface area contributed by atoms with Gasteiger partial charge in [-0.25, -0.2) is 4.79 Å². The van der Waals surface area contributed by atoms with Crippen molar-refractivity contribution in [1.29, 1.82) is 0 Å². The van der Waals surface area contributed by atoms with Crippen molar-refractivity contribution in [2.45, 2.75) is 40.0 Å². The van der Waals surface area contributed by atoms with E-state index in [9.17, 15) is 4.79 Å². The highest BCUT2D eigenvalue weighted by Gasteiger charge is 2.16. The lowest BCUT2D eigenvalue weighted by Gasteiger charge is -2.09. The number of ether oxygens (including phenoxy) is 1. The predicted molar refractivity (Wildman–Crippen MR) is 59.5 cm³/mol. The smallest absolute Gasteiger partial charge is 0.332 e. The fourth-order valence-electron chi connectivity index (χ4n) is 1.28. The van der Waals surface area contributed by atoms with Crippen LogP contribution in [0.25, 0.3) is 0 Å². The molecule has 1 aromatic heterocycles. The molecular formula is C10H15ClN2O3. The number of hydrogen-bond donors (Lipinski definition) is 1. The van der Waals surface area contributed by atoms with Crippen molar-refractivity contribution in [3.05, 3.63) is 16.4 Å². The number of aromatic nitrogens is 2. The van der Waals surface area contributed by atoms with Gasteiger partial charge in [-0.15, -0.1) is 0 Å². The second-order valence-electron chi connectivity index (χ2n) is 3.45. The Morgan fingerprint density at radius 3 is 2.81 bits per heavy atom. The Hall–Kier alpha value is -1.07. The van der Waals surface area contributed by atoms with Crippen molar-refractivity contribution in [1.82, 2.24) is 9.78 Å². The van der Waals surface area contributed by atoms with Gasteiger partial charge < -0.3 is 9.84 Å². The van der Waals surface area contributed by atoms with Crippen molar-refractivity contribution in [3.63, 3.8) is 0 Å². The first-order valence-electron chi connectivity index (χ1n) is 5.03. The van der Waals surface area contributed by atoms with E-state index in [2.05, 4.69) is 5.10 Å². The lowest BCUT2D eigenvalue weighted by molar-refractivity contribution is -0.150. The van der Waals surface area contributed by atoms with Crippen LogP contribution in [0.3, 0.4) is 0 Å². The van der Waals surface area contributed by atoms with Gasteiger partial charge in [0.1, 0.15) is 0 Å². The fourth-order valence-corrected chi connectivity index (χ4v) is 1.47. The molecule has 1 atom stereocenters. The van der Waals surface area contributed by atoms with Gasteiger partial charge in [0.05, 0.1) is 23.0 Å². The third-order valence-electron chi connectivity index (χ3n) is 2.27. The molecule has 1 N–H and O–H groups in total. The fraction of sp³-hybridized carbons (Fsp3) is 0.600. The van der Waals surface area contributed by atoms with Crippen LogP contribution >= 0.6 is 11.6 Å². The topological polar surface area (TPSA) is 64.4 Å². The molecule has 0 saturated heterocycles. The predicted octanol–water partition coefficient (Wildman–Crippen LogP) is 1.85. The molecule has 0 fully saturated rings. The normalized spacial score (nSPS) is 12.8. The van der Waals surface area contributed by atoms with Crippen LogP contribution in [0.15, 0.2) is 0 Å². The minimum absolute atomic E-state index is 0.154. The molecule has 6 heteroatoms. The van der Waals surface area contributed by atoms with Gasteiger partial charge in [-0.2, -0.15) is 5.10 Å². The zero-order chi connectivity index (χ0) is 12.3. The summed E-state index contributed by atoms with van der Waals surface area (Å²) in [5, 5.41) is 13.4. The molecule has 0 amide bonds. The first-order valence-corrected chi connectivity index (χ1v) is 5.41. The number of carboxylic acid groups (broad SMARTS) is 1. The van der Waals surface area contributed by atoms with Gasteiger partial charge in [-0.05, 0) is 20.8 Å². The van der Waals surface area contributed by atoms with Crippen molar-refractivity contribution in [3.8, 4) is 0 Å². The van der Waals surface area contributed by atoms with Gasteiger partial charge in [-0.3, -0.25) is 4.68 Å². The summed E-state index contributed by atoms with van der Waals surface area (Å²) in [6.07, 6.45) is -0.850. The Bertz CT molecular complexity index is 390. The van der Waals surface area contributed by atoms with Crippen LogP contribution in [0.5, 0.6) is 0 Å². The molecule has 1 aromatic rings. The van der Waals surface area contributed by atoms with E-state index >= 15 is 0 Å². The molecular weight excluding hydrogens is 232 g/mol. The minimum atomic E-state index is -0.990. The number of halogens is 1. The quantitative estimate of drug-likeness (QED) is 0.861. The lowest BCUT2D eigenvalue weighted by Crippen LogP contribution is -2.20. The highest BCUT2D eigenvalue weighted by atomic mass is 35.5. The van der Waals surface area contributed by atoms with Crippen LogP contribution in [0.4, 0.5) is 0 Å².